The molecule has 1 unspecified atom stereocenters. The number of anilines is 1. The van der Waals surface area contributed by atoms with E-state index in [4.69, 9.17) is 0 Å². The van der Waals surface area contributed by atoms with E-state index in [1.165, 1.54) is 17.8 Å². The highest BCUT2D eigenvalue weighted by atomic mass is 32.1. The molecule has 0 saturated heterocycles. The quantitative estimate of drug-likeness (QED) is 0.861. The molecule has 2 N–H and O–H groups in total. The Kier molecular flexibility index (Phi) is 4.58. The number of hydrogen-bond acceptors (Lipinski definition) is 4. The van der Waals surface area contributed by atoms with Gasteiger partial charge in [-0.05, 0) is 25.2 Å². The van der Waals surface area contributed by atoms with Crippen molar-refractivity contribution in [3.05, 3.63) is 11.1 Å². The van der Waals surface area contributed by atoms with Crippen LogP contribution in [0, 0.1) is 5.92 Å². The van der Waals surface area contributed by atoms with Gasteiger partial charge in [-0.25, -0.2) is 9.78 Å². The number of aliphatic carboxylic acids is 1. The lowest BCUT2D eigenvalue weighted by Gasteiger charge is -2.27. The Morgan fingerprint density at radius 3 is 2.83 bits per heavy atom. The summed E-state index contributed by atoms with van der Waals surface area (Å²) in [6.07, 6.45) is 6.44. The largest absolute Gasteiger partial charge is 0.480 e. The fourth-order valence-corrected chi connectivity index (χ4v) is 3.35. The summed E-state index contributed by atoms with van der Waals surface area (Å²) in [4.78, 5) is 15.8. The maximum Gasteiger partial charge on any atom is 0.326 e. The molecule has 1 fully saturated rings. The number of carboxylic acid groups (broad SMARTS) is 1. The third kappa shape index (κ3) is 3.22. The van der Waals surface area contributed by atoms with Crippen molar-refractivity contribution in [3.63, 3.8) is 0 Å². The molecule has 1 aliphatic carbocycles. The van der Waals surface area contributed by atoms with Crippen molar-refractivity contribution in [2.45, 2.75) is 51.5 Å². The van der Waals surface area contributed by atoms with Gasteiger partial charge in [0.1, 0.15) is 6.04 Å². The Bertz CT molecular complexity index is 399. The van der Waals surface area contributed by atoms with Gasteiger partial charge in [0.05, 0.1) is 5.69 Å². The van der Waals surface area contributed by atoms with Crippen molar-refractivity contribution in [1.82, 2.24) is 4.98 Å². The van der Waals surface area contributed by atoms with Crippen molar-refractivity contribution in [3.8, 4) is 0 Å². The lowest BCUT2D eigenvalue weighted by Crippen LogP contribution is -2.37. The average molecular weight is 268 g/mol. The highest BCUT2D eigenvalue weighted by molar-refractivity contribution is 7.13. The fourth-order valence-electron chi connectivity index (χ4n) is 2.52. The molecular formula is C13H20N2O2S. The highest BCUT2D eigenvalue weighted by Crippen LogP contribution is 2.29. The van der Waals surface area contributed by atoms with E-state index in [0.29, 0.717) is 0 Å². The van der Waals surface area contributed by atoms with Crippen molar-refractivity contribution in [2.24, 2.45) is 5.92 Å². The van der Waals surface area contributed by atoms with E-state index in [1.807, 2.05) is 5.38 Å². The summed E-state index contributed by atoms with van der Waals surface area (Å²) < 4.78 is 0. The fraction of sp³-hybridized carbons (Fsp3) is 0.692. The molecule has 0 amide bonds. The second-order valence-corrected chi connectivity index (χ2v) is 5.71. The van der Waals surface area contributed by atoms with Crippen LogP contribution >= 0.6 is 11.3 Å². The normalized spacial score (nSPS) is 18.5. The second kappa shape index (κ2) is 6.18. The lowest BCUT2D eigenvalue weighted by molar-refractivity contribution is -0.139. The Hall–Kier alpha value is -1.10. The first-order valence-corrected chi connectivity index (χ1v) is 7.52. The SMILES string of the molecule is CCc1csc(NC(C(=O)O)C2CCCCC2)n1. The maximum atomic E-state index is 11.4. The highest BCUT2D eigenvalue weighted by Gasteiger charge is 2.29. The van der Waals surface area contributed by atoms with E-state index in [0.717, 1.165) is 42.9 Å². The number of aromatic nitrogens is 1. The van der Waals surface area contributed by atoms with Gasteiger partial charge in [0, 0.05) is 5.38 Å². The van der Waals surface area contributed by atoms with Crippen LogP contribution < -0.4 is 5.32 Å². The summed E-state index contributed by atoms with van der Waals surface area (Å²) in [5.41, 5.74) is 1.02. The molecule has 1 aromatic rings. The third-order valence-electron chi connectivity index (χ3n) is 3.58. The molecule has 5 heteroatoms. The molecule has 100 valence electrons. The number of nitrogens with zero attached hydrogens (tertiary/aromatic N) is 1. The predicted molar refractivity (Wildman–Crippen MR) is 73.1 cm³/mol. The van der Waals surface area contributed by atoms with Gasteiger partial charge in [-0.1, -0.05) is 26.2 Å². The number of carboxylic acids is 1. The number of aryl methyl sites for hydroxylation is 1. The molecule has 1 heterocycles. The Morgan fingerprint density at radius 2 is 2.28 bits per heavy atom. The van der Waals surface area contributed by atoms with E-state index in [2.05, 4.69) is 17.2 Å². The van der Waals surface area contributed by atoms with Crippen LogP contribution in [-0.4, -0.2) is 22.1 Å². The van der Waals surface area contributed by atoms with Crippen LogP contribution in [0.5, 0.6) is 0 Å². The lowest BCUT2D eigenvalue weighted by atomic mass is 9.84. The summed E-state index contributed by atoms with van der Waals surface area (Å²) >= 11 is 1.50. The molecule has 18 heavy (non-hydrogen) atoms. The first-order chi connectivity index (χ1) is 8.70. The Labute approximate surface area is 111 Å². The number of rotatable bonds is 5. The molecule has 1 aliphatic rings. The molecule has 1 atom stereocenters. The van der Waals surface area contributed by atoms with Crippen LogP contribution in [0.2, 0.25) is 0 Å². The first-order valence-electron chi connectivity index (χ1n) is 6.64. The van der Waals surface area contributed by atoms with Crippen molar-refractivity contribution in [1.29, 1.82) is 0 Å². The second-order valence-electron chi connectivity index (χ2n) is 4.86. The molecule has 0 bridgehead atoms. The Morgan fingerprint density at radius 1 is 1.56 bits per heavy atom. The molecule has 0 aliphatic heterocycles. The third-order valence-corrected chi connectivity index (χ3v) is 4.40. The van der Waals surface area contributed by atoms with Crippen LogP contribution in [0.3, 0.4) is 0 Å². The monoisotopic (exact) mass is 268 g/mol. The van der Waals surface area contributed by atoms with Crippen LogP contribution in [0.25, 0.3) is 0 Å². The zero-order valence-corrected chi connectivity index (χ0v) is 11.5. The number of nitrogens with one attached hydrogen (secondary N) is 1. The van der Waals surface area contributed by atoms with Crippen LogP contribution in [0.1, 0.15) is 44.7 Å². The van der Waals surface area contributed by atoms with E-state index >= 15 is 0 Å². The van der Waals surface area contributed by atoms with Gasteiger partial charge in [0.25, 0.3) is 0 Å². The van der Waals surface area contributed by atoms with E-state index in [9.17, 15) is 9.90 Å². The summed E-state index contributed by atoms with van der Waals surface area (Å²) in [7, 11) is 0. The first kappa shape index (κ1) is 13.3. The number of thiazole rings is 1. The van der Waals surface area contributed by atoms with Gasteiger partial charge in [-0.3, -0.25) is 0 Å². The minimum Gasteiger partial charge on any atom is -0.480 e. The number of carbonyl (C=O) groups is 1. The van der Waals surface area contributed by atoms with Crippen molar-refractivity contribution < 1.29 is 9.90 Å². The van der Waals surface area contributed by atoms with Gasteiger partial charge in [0.15, 0.2) is 5.13 Å². The van der Waals surface area contributed by atoms with E-state index in [-0.39, 0.29) is 5.92 Å². The average Bonchev–Trinajstić information content (AvgIpc) is 2.84. The van der Waals surface area contributed by atoms with Gasteiger partial charge in [-0.15, -0.1) is 11.3 Å². The van der Waals surface area contributed by atoms with Crippen LogP contribution in [0.15, 0.2) is 5.38 Å². The van der Waals surface area contributed by atoms with Gasteiger partial charge in [0.2, 0.25) is 0 Å². The molecule has 4 nitrogen and oxygen atoms in total. The van der Waals surface area contributed by atoms with Crippen LogP contribution in [-0.2, 0) is 11.2 Å². The molecule has 2 rings (SSSR count). The maximum absolute atomic E-state index is 11.4. The van der Waals surface area contributed by atoms with Gasteiger partial charge < -0.3 is 10.4 Å². The molecule has 1 saturated carbocycles. The topological polar surface area (TPSA) is 62.2 Å². The van der Waals surface area contributed by atoms with Gasteiger partial charge >= 0.3 is 5.97 Å². The summed E-state index contributed by atoms with van der Waals surface area (Å²) in [6.45, 7) is 2.05. The smallest absolute Gasteiger partial charge is 0.326 e. The number of hydrogen-bond donors (Lipinski definition) is 2. The summed E-state index contributed by atoms with van der Waals surface area (Å²) in [5.74, 6) is -0.514. The van der Waals surface area contributed by atoms with Crippen molar-refractivity contribution in [2.75, 3.05) is 5.32 Å². The zero-order chi connectivity index (χ0) is 13.0. The molecule has 0 spiro atoms. The van der Waals surface area contributed by atoms with Crippen molar-refractivity contribution >= 4 is 22.4 Å². The standard InChI is InChI=1S/C13H20N2O2S/c1-2-10-8-18-13(14-10)15-11(12(16)17)9-6-4-3-5-7-9/h8-9,11H,2-7H2,1H3,(H,14,15)(H,16,17). The minimum atomic E-state index is -0.754. The zero-order valence-electron chi connectivity index (χ0n) is 10.7. The molecule has 0 aromatic carbocycles. The molecular weight excluding hydrogens is 248 g/mol. The van der Waals surface area contributed by atoms with E-state index in [1.54, 1.807) is 0 Å². The minimum absolute atomic E-state index is 0.241. The molecule has 0 radical (unpaired) electrons. The Balaban J connectivity index is 2.03. The predicted octanol–water partition coefficient (Wildman–Crippen LogP) is 3.15. The summed E-state index contributed by atoms with van der Waals surface area (Å²) in [5, 5.41) is 15.2. The van der Waals surface area contributed by atoms with Crippen LogP contribution in [0.4, 0.5) is 5.13 Å². The van der Waals surface area contributed by atoms with E-state index < -0.39 is 12.0 Å². The van der Waals surface area contributed by atoms with Gasteiger partial charge in [-0.2, -0.15) is 0 Å². The molecule has 1 aromatic heterocycles. The summed E-state index contributed by atoms with van der Waals surface area (Å²) in [6, 6.07) is -0.485.